The topological polar surface area (TPSA) is 142 Å². The largest absolute Gasteiger partial charge is 0.444 e. The Bertz CT molecular complexity index is 1320. The van der Waals surface area contributed by atoms with Crippen molar-refractivity contribution in [1.29, 1.82) is 0 Å². The monoisotopic (exact) mass is 601 g/mol. The molecule has 1 aliphatic carbocycles. The van der Waals surface area contributed by atoms with Crippen LogP contribution in [0.2, 0.25) is 5.28 Å². The van der Waals surface area contributed by atoms with Crippen LogP contribution in [-0.2, 0) is 20.8 Å². The molecule has 2 heterocycles. The predicted octanol–water partition coefficient (Wildman–Crippen LogP) is 4.49. The first kappa shape index (κ1) is 31.5. The first-order valence-corrected chi connectivity index (χ1v) is 14.7. The van der Waals surface area contributed by atoms with Gasteiger partial charge in [-0.25, -0.2) is 9.78 Å². The number of anilines is 1. The second-order valence-electron chi connectivity index (χ2n) is 11.1. The van der Waals surface area contributed by atoms with Crippen LogP contribution in [0.15, 0.2) is 30.6 Å². The van der Waals surface area contributed by atoms with Crippen LogP contribution in [0.5, 0.6) is 0 Å². The minimum absolute atomic E-state index is 0.177. The van der Waals surface area contributed by atoms with Crippen LogP contribution in [0.4, 0.5) is 10.6 Å². The highest BCUT2D eigenvalue weighted by atomic mass is 35.5. The van der Waals surface area contributed by atoms with E-state index in [0.29, 0.717) is 69.0 Å². The molecule has 12 nitrogen and oxygen atoms in total. The number of alkyl carbamates (subject to hydrolysis) is 1. The first-order chi connectivity index (χ1) is 20.2. The summed E-state index contributed by atoms with van der Waals surface area (Å²) in [6.07, 6.45) is 6.03. The standard InChI is InChI=1S/C29H40ClN7O5/c1-29(2,3)42-28(39)32-13-15-41-17-16-40-14-12-31-26(38)21-10-8-20(9-11-21)18-33-24-23-25(36-27(30)35-24)37(19-34-23)22-6-4-5-7-22/h8-11,19,22H,4-7,12-18H2,1-3H3,(H,31,38)(H,32,39)(H,33,35,36). The molecule has 4 rings (SSSR count). The number of rotatable bonds is 14. The third-order valence-corrected chi connectivity index (χ3v) is 6.78. The second kappa shape index (κ2) is 15.1. The number of hydrogen-bond acceptors (Lipinski definition) is 9. The number of halogens is 1. The van der Waals surface area contributed by atoms with Gasteiger partial charge in [0.15, 0.2) is 17.0 Å². The Morgan fingerprint density at radius 1 is 0.976 bits per heavy atom. The lowest BCUT2D eigenvalue weighted by Gasteiger charge is -2.19. The van der Waals surface area contributed by atoms with Gasteiger partial charge in [0.2, 0.25) is 5.28 Å². The molecule has 13 heteroatoms. The van der Waals surface area contributed by atoms with E-state index in [9.17, 15) is 9.59 Å². The van der Waals surface area contributed by atoms with Gasteiger partial charge in [0.1, 0.15) is 5.60 Å². The number of ether oxygens (including phenoxy) is 3. The minimum Gasteiger partial charge on any atom is -0.444 e. The smallest absolute Gasteiger partial charge is 0.407 e. The molecule has 228 valence electrons. The maximum atomic E-state index is 12.5. The number of carbonyl (C=O) groups excluding carboxylic acids is 2. The van der Waals surface area contributed by atoms with Crippen LogP contribution in [0.25, 0.3) is 11.2 Å². The van der Waals surface area contributed by atoms with E-state index in [-0.39, 0.29) is 11.2 Å². The Hall–Kier alpha value is -3.48. The van der Waals surface area contributed by atoms with E-state index >= 15 is 0 Å². The number of imidazole rings is 1. The van der Waals surface area contributed by atoms with Crippen LogP contribution in [0.3, 0.4) is 0 Å². The Kier molecular flexibility index (Phi) is 11.3. The SMILES string of the molecule is CC(C)(C)OC(=O)NCCOCCOCCNC(=O)c1ccc(CNc2nc(Cl)nc3c2ncn3C2CCCC2)cc1. The van der Waals surface area contributed by atoms with E-state index in [2.05, 4.69) is 35.5 Å². The zero-order valence-corrected chi connectivity index (χ0v) is 25.2. The van der Waals surface area contributed by atoms with Crippen molar-refractivity contribution in [3.63, 3.8) is 0 Å². The summed E-state index contributed by atoms with van der Waals surface area (Å²) >= 11 is 6.24. The molecule has 2 amide bonds. The van der Waals surface area contributed by atoms with E-state index in [4.69, 9.17) is 25.8 Å². The van der Waals surface area contributed by atoms with Crippen molar-refractivity contribution in [1.82, 2.24) is 30.2 Å². The van der Waals surface area contributed by atoms with Crippen LogP contribution in [0.1, 0.15) is 68.4 Å². The van der Waals surface area contributed by atoms with E-state index < -0.39 is 11.7 Å². The predicted molar refractivity (Wildman–Crippen MR) is 160 cm³/mol. The number of benzene rings is 1. The Morgan fingerprint density at radius 3 is 2.31 bits per heavy atom. The number of nitrogens with zero attached hydrogens (tertiary/aromatic N) is 4. The van der Waals surface area contributed by atoms with E-state index in [1.807, 2.05) is 18.5 Å². The first-order valence-electron chi connectivity index (χ1n) is 14.3. The molecule has 0 bridgehead atoms. The Balaban J connectivity index is 1.12. The normalized spacial score (nSPS) is 13.8. The third kappa shape index (κ3) is 9.53. The molecule has 1 aliphatic rings. The lowest BCUT2D eigenvalue weighted by molar-refractivity contribution is 0.0400. The Morgan fingerprint density at radius 2 is 1.64 bits per heavy atom. The number of fused-ring (bicyclic) bond motifs is 1. The van der Waals surface area contributed by atoms with Crippen LogP contribution < -0.4 is 16.0 Å². The van der Waals surface area contributed by atoms with Gasteiger partial charge in [0.25, 0.3) is 5.91 Å². The van der Waals surface area contributed by atoms with Gasteiger partial charge in [0, 0.05) is 31.2 Å². The summed E-state index contributed by atoms with van der Waals surface area (Å²) in [5, 5.41) is 8.97. The molecular formula is C29H40ClN7O5. The molecule has 0 saturated heterocycles. The number of nitrogens with one attached hydrogen (secondary N) is 3. The fourth-order valence-electron chi connectivity index (χ4n) is 4.62. The van der Waals surface area contributed by atoms with Crippen molar-refractivity contribution < 1.29 is 23.8 Å². The van der Waals surface area contributed by atoms with Gasteiger partial charge in [-0.05, 0) is 62.9 Å². The third-order valence-electron chi connectivity index (χ3n) is 6.61. The number of carbonyl (C=O) groups is 2. The second-order valence-corrected chi connectivity index (χ2v) is 11.4. The molecule has 2 aromatic heterocycles. The van der Waals surface area contributed by atoms with Crippen LogP contribution >= 0.6 is 11.6 Å². The lowest BCUT2D eigenvalue weighted by atomic mass is 10.1. The van der Waals surface area contributed by atoms with Crippen molar-refractivity contribution in [2.75, 3.05) is 44.8 Å². The highest BCUT2D eigenvalue weighted by Crippen LogP contribution is 2.33. The molecule has 0 atom stereocenters. The zero-order valence-electron chi connectivity index (χ0n) is 24.5. The molecule has 1 saturated carbocycles. The summed E-state index contributed by atoms with van der Waals surface area (Å²) in [6.45, 7) is 8.12. The zero-order chi connectivity index (χ0) is 30.0. The van der Waals surface area contributed by atoms with Gasteiger partial charge in [0.05, 0.1) is 32.8 Å². The number of amides is 2. The van der Waals surface area contributed by atoms with Gasteiger partial charge >= 0.3 is 6.09 Å². The van der Waals surface area contributed by atoms with E-state index in [1.54, 1.807) is 32.9 Å². The average Bonchev–Trinajstić information content (AvgIpc) is 3.62. The van der Waals surface area contributed by atoms with E-state index in [0.717, 1.165) is 24.1 Å². The van der Waals surface area contributed by atoms with Gasteiger partial charge in [-0.15, -0.1) is 0 Å². The highest BCUT2D eigenvalue weighted by molar-refractivity contribution is 6.28. The van der Waals surface area contributed by atoms with Crippen LogP contribution in [0, 0.1) is 0 Å². The quantitative estimate of drug-likeness (QED) is 0.180. The lowest BCUT2D eigenvalue weighted by Crippen LogP contribution is -2.34. The molecule has 3 N–H and O–H groups in total. The summed E-state index contributed by atoms with van der Waals surface area (Å²) in [7, 11) is 0. The minimum atomic E-state index is -0.531. The van der Waals surface area contributed by atoms with Crippen LogP contribution in [-0.4, -0.2) is 76.6 Å². The molecule has 0 aliphatic heterocycles. The van der Waals surface area contributed by atoms with Crippen molar-refractivity contribution >= 4 is 40.6 Å². The molecular weight excluding hydrogens is 562 g/mol. The molecule has 0 unspecified atom stereocenters. The van der Waals surface area contributed by atoms with Gasteiger partial charge < -0.3 is 34.7 Å². The fraction of sp³-hybridized carbons (Fsp3) is 0.552. The molecule has 42 heavy (non-hydrogen) atoms. The molecule has 1 fully saturated rings. The maximum Gasteiger partial charge on any atom is 0.407 e. The van der Waals surface area contributed by atoms with Gasteiger partial charge in [-0.1, -0.05) is 25.0 Å². The average molecular weight is 602 g/mol. The number of hydrogen-bond donors (Lipinski definition) is 3. The summed E-state index contributed by atoms with van der Waals surface area (Å²) < 4.78 is 18.2. The summed E-state index contributed by atoms with van der Waals surface area (Å²) in [5.74, 6) is 0.413. The summed E-state index contributed by atoms with van der Waals surface area (Å²) in [4.78, 5) is 37.4. The molecule has 0 spiro atoms. The summed E-state index contributed by atoms with van der Waals surface area (Å²) in [5.41, 5.74) is 2.46. The van der Waals surface area contributed by atoms with Crippen molar-refractivity contribution in [2.45, 2.75) is 64.6 Å². The fourth-order valence-corrected chi connectivity index (χ4v) is 4.79. The maximum absolute atomic E-state index is 12.5. The van der Waals surface area contributed by atoms with Gasteiger partial charge in [-0.3, -0.25) is 4.79 Å². The highest BCUT2D eigenvalue weighted by Gasteiger charge is 2.21. The Labute approximate surface area is 250 Å². The summed E-state index contributed by atoms with van der Waals surface area (Å²) in [6, 6.07) is 7.75. The van der Waals surface area contributed by atoms with Crippen molar-refractivity contribution in [2.24, 2.45) is 0 Å². The van der Waals surface area contributed by atoms with Crippen molar-refractivity contribution in [3.05, 3.63) is 47.0 Å². The number of aromatic nitrogens is 4. The molecule has 3 aromatic rings. The van der Waals surface area contributed by atoms with E-state index in [1.165, 1.54) is 12.8 Å². The van der Waals surface area contributed by atoms with Gasteiger partial charge in [-0.2, -0.15) is 9.97 Å². The molecule has 1 aromatic carbocycles. The van der Waals surface area contributed by atoms with Crippen molar-refractivity contribution in [3.8, 4) is 0 Å². The molecule has 0 radical (unpaired) electrons.